The smallest absolute Gasteiger partial charge is 0.340 e. The van der Waals surface area contributed by atoms with Crippen LogP contribution in [0.15, 0.2) is 18.2 Å². The van der Waals surface area contributed by atoms with E-state index in [0.717, 1.165) is 18.7 Å². The first kappa shape index (κ1) is 15.3. The zero-order valence-electron chi connectivity index (χ0n) is 11.9. The summed E-state index contributed by atoms with van der Waals surface area (Å²) < 4.78 is 4.97. The van der Waals surface area contributed by atoms with E-state index >= 15 is 0 Å². The van der Waals surface area contributed by atoms with Crippen LogP contribution in [-0.4, -0.2) is 19.1 Å². The molecule has 1 aromatic carbocycles. The predicted molar refractivity (Wildman–Crippen MR) is 79.4 cm³/mol. The van der Waals surface area contributed by atoms with Crippen LogP contribution in [0.1, 0.15) is 49.9 Å². The number of hydrogen-bond donors (Lipinski definition) is 2. The van der Waals surface area contributed by atoms with Gasteiger partial charge in [-0.2, -0.15) is 0 Å². The highest BCUT2D eigenvalue weighted by molar-refractivity contribution is 5.98. The average Bonchev–Trinajstić information content (AvgIpc) is 2.40. The molecule has 19 heavy (non-hydrogen) atoms. The van der Waals surface area contributed by atoms with Crippen LogP contribution in [0.25, 0.3) is 0 Å². The van der Waals surface area contributed by atoms with E-state index in [0.29, 0.717) is 17.9 Å². The first-order chi connectivity index (χ1) is 9.20. The molecule has 0 atom stereocenters. The number of carbonyl (C=O) groups excluding carboxylic acids is 1. The van der Waals surface area contributed by atoms with Crippen molar-refractivity contribution in [1.82, 2.24) is 0 Å². The summed E-state index contributed by atoms with van der Waals surface area (Å²) in [6.45, 7) is 5.20. The van der Waals surface area contributed by atoms with Gasteiger partial charge in [0.15, 0.2) is 0 Å². The lowest BCUT2D eigenvalue weighted by atomic mass is 10.1. The van der Waals surface area contributed by atoms with Crippen LogP contribution >= 0.6 is 0 Å². The van der Waals surface area contributed by atoms with E-state index in [1.165, 1.54) is 19.3 Å². The zero-order valence-corrected chi connectivity index (χ0v) is 11.9. The molecule has 0 aliphatic rings. The third kappa shape index (κ3) is 4.81. The Hall–Kier alpha value is -1.71. The molecule has 0 fully saturated rings. The molecule has 0 bridgehead atoms. The first-order valence-electron chi connectivity index (χ1n) is 7.00. The maximum absolute atomic E-state index is 11.7. The molecule has 0 saturated carbocycles. The minimum absolute atomic E-state index is 0.354. The van der Waals surface area contributed by atoms with Crippen LogP contribution in [0.3, 0.4) is 0 Å². The zero-order chi connectivity index (χ0) is 14.1. The number of unbranched alkanes of at least 4 members (excludes halogenated alkanes) is 3. The highest BCUT2D eigenvalue weighted by Gasteiger charge is 2.12. The predicted octanol–water partition coefficient (Wildman–Crippen LogP) is 3.44. The molecule has 0 amide bonds. The maximum Gasteiger partial charge on any atom is 0.340 e. The first-order valence-corrected chi connectivity index (χ1v) is 7.00. The molecule has 1 rings (SSSR count). The van der Waals surface area contributed by atoms with Crippen molar-refractivity contribution < 1.29 is 9.53 Å². The molecule has 1 aromatic rings. The van der Waals surface area contributed by atoms with Gasteiger partial charge in [-0.15, -0.1) is 0 Å². The molecule has 0 heterocycles. The number of nitrogen functional groups attached to an aromatic ring is 1. The lowest BCUT2D eigenvalue weighted by Gasteiger charge is -2.12. The maximum atomic E-state index is 11.7. The topological polar surface area (TPSA) is 64.3 Å². The number of benzene rings is 1. The van der Waals surface area contributed by atoms with Gasteiger partial charge in [0.2, 0.25) is 0 Å². The van der Waals surface area contributed by atoms with E-state index in [2.05, 4.69) is 12.2 Å². The minimum atomic E-state index is -0.366. The number of para-hydroxylation sites is 1. The summed E-state index contributed by atoms with van der Waals surface area (Å²) >= 11 is 0. The number of nitrogens with one attached hydrogen (secondary N) is 1. The van der Waals surface area contributed by atoms with Gasteiger partial charge in [0, 0.05) is 6.54 Å². The van der Waals surface area contributed by atoms with E-state index in [9.17, 15) is 4.79 Å². The van der Waals surface area contributed by atoms with Crippen LogP contribution in [0, 0.1) is 0 Å². The number of ether oxygens (including phenoxy) is 1. The normalized spacial score (nSPS) is 10.2. The molecule has 0 aliphatic heterocycles. The van der Waals surface area contributed by atoms with Crippen LogP contribution in [0.2, 0.25) is 0 Å². The Morgan fingerprint density at radius 2 is 2.05 bits per heavy atom. The van der Waals surface area contributed by atoms with Crippen LogP contribution < -0.4 is 11.1 Å². The average molecular weight is 264 g/mol. The van der Waals surface area contributed by atoms with Crippen molar-refractivity contribution in [1.29, 1.82) is 0 Å². The Balaban J connectivity index is 2.59. The van der Waals surface area contributed by atoms with Gasteiger partial charge in [-0.1, -0.05) is 32.3 Å². The highest BCUT2D eigenvalue weighted by Crippen LogP contribution is 2.23. The van der Waals surface area contributed by atoms with Gasteiger partial charge in [-0.05, 0) is 25.5 Å². The molecular formula is C15H24N2O2. The molecule has 0 radical (unpaired) electrons. The standard InChI is InChI=1S/C15H24N2O2/c1-3-5-6-7-11-17-13-10-8-9-12(14(13)16)15(18)19-4-2/h8-10,17H,3-7,11,16H2,1-2H3. The largest absolute Gasteiger partial charge is 0.462 e. The van der Waals surface area contributed by atoms with E-state index in [4.69, 9.17) is 10.5 Å². The van der Waals surface area contributed by atoms with Gasteiger partial charge >= 0.3 is 5.97 Å². The molecule has 106 valence electrons. The summed E-state index contributed by atoms with van der Waals surface area (Å²) in [6, 6.07) is 5.39. The monoisotopic (exact) mass is 264 g/mol. The number of carbonyl (C=O) groups is 1. The van der Waals surface area contributed by atoms with Crippen molar-refractivity contribution in [3.05, 3.63) is 23.8 Å². The van der Waals surface area contributed by atoms with Gasteiger partial charge in [-0.25, -0.2) is 4.79 Å². The summed E-state index contributed by atoms with van der Waals surface area (Å²) in [5, 5.41) is 3.28. The van der Waals surface area contributed by atoms with Gasteiger partial charge in [0.1, 0.15) is 0 Å². The highest BCUT2D eigenvalue weighted by atomic mass is 16.5. The number of hydrogen-bond acceptors (Lipinski definition) is 4. The van der Waals surface area contributed by atoms with E-state index < -0.39 is 0 Å². The van der Waals surface area contributed by atoms with Crippen LogP contribution in [0.4, 0.5) is 11.4 Å². The van der Waals surface area contributed by atoms with Gasteiger partial charge in [0.25, 0.3) is 0 Å². The second-order valence-corrected chi connectivity index (χ2v) is 4.47. The summed E-state index contributed by atoms with van der Waals surface area (Å²) in [6.07, 6.45) is 4.79. The molecular weight excluding hydrogens is 240 g/mol. The molecule has 0 saturated heterocycles. The quantitative estimate of drug-likeness (QED) is 0.429. The number of anilines is 2. The second-order valence-electron chi connectivity index (χ2n) is 4.47. The SMILES string of the molecule is CCCCCCNc1cccc(C(=O)OCC)c1N. The fourth-order valence-corrected chi connectivity index (χ4v) is 1.88. The third-order valence-electron chi connectivity index (χ3n) is 2.95. The summed E-state index contributed by atoms with van der Waals surface area (Å²) in [4.78, 5) is 11.7. The summed E-state index contributed by atoms with van der Waals surface area (Å²) in [7, 11) is 0. The fraction of sp³-hybridized carbons (Fsp3) is 0.533. The number of esters is 1. The minimum Gasteiger partial charge on any atom is -0.462 e. The Labute approximate surface area is 115 Å². The van der Waals surface area contributed by atoms with E-state index in [1.54, 1.807) is 13.0 Å². The van der Waals surface area contributed by atoms with Crippen molar-refractivity contribution in [2.24, 2.45) is 0 Å². The van der Waals surface area contributed by atoms with Crippen molar-refractivity contribution in [3.8, 4) is 0 Å². The van der Waals surface area contributed by atoms with Gasteiger partial charge in [-0.3, -0.25) is 0 Å². The lowest BCUT2D eigenvalue weighted by molar-refractivity contribution is 0.0527. The Kier molecular flexibility index (Phi) is 6.79. The van der Waals surface area contributed by atoms with Crippen molar-refractivity contribution >= 4 is 17.3 Å². The number of rotatable bonds is 8. The van der Waals surface area contributed by atoms with E-state index in [-0.39, 0.29) is 5.97 Å². The Morgan fingerprint density at radius 1 is 1.26 bits per heavy atom. The van der Waals surface area contributed by atoms with Crippen LogP contribution in [0.5, 0.6) is 0 Å². The molecule has 0 aromatic heterocycles. The fourth-order valence-electron chi connectivity index (χ4n) is 1.88. The molecule has 0 unspecified atom stereocenters. The number of nitrogens with two attached hydrogens (primary N) is 1. The van der Waals surface area contributed by atoms with Crippen LogP contribution in [-0.2, 0) is 4.74 Å². The molecule has 3 N–H and O–H groups in total. The Morgan fingerprint density at radius 3 is 2.74 bits per heavy atom. The molecule has 4 heteroatoms. The molecule has 0 spiro atoms. The van der Waals surface area contributed by atoms with E-state index in [1.807, 2.05) is 12.1 Å². The second kappa shape index (κ2) is 8.40. The van der Waals surface area contributed by atoms with Gasteiger partial charge < -0.3 is 15.8 Å². The van der Waals surface area contributed by atoms with Crippen molar-refractivity contribution in [2.45, 2.75) is 39.5 Å². The van der Waals surface area contributed by atoms with Gasteiger partial charge in [0.05, 0.1) is 23.5 Å². The lowest BCUT2D eigenvalue weighted by Crippen LogP contribution is -2.11. The summed E-state index contributed by atoms with van der Waals surface area (Å²) in [5.41, 5.74) is 7.70. The van der Waals surface area contributed by atoms with Crippen molar-refractivity contribution in [2.75, 3.05) is 24.2 Å². The van der Waals surface area contributed by atoms with Crippen molar-refractivity contribution in [3.63, 3.8) is 0 Å². The Bertz CT molecular complexity index is 405. The molecule has 0 aliphatic carbocycles. The molecule has 4 nitrogen and oxygen atoms in total. The summed E-state index contributed by atoms with van der Waals surface area (Å²) in [5.74, 6) is -0.366. The third-order valence-corrected chi connectivity index (χ3v) is 2.95.